The highest BCUT2D eigenvalue weighted by molar-refractivity contribution is 6.40. The van der Waals surface area contributed by atoms with Crippen LogP contribution < -0.4 is 10.6 Å². The van der Waals surface area contributed by atoms with Crippen molar-refractivity contribution in [1.29, 1.82) is 0 Å². The quantitative estimate of drug-likeness (QED) is 0.295. The van der Waals surface area contributed by atoms with Crippen LogP contribution in [0.3, 0.4) is 0 Å². The molecule has 0 radical (unpaired) electrons. The number of halogens is 2. The number of rotatable bonds is 10. The predicted molar refractivity (Wildman–Crippen MR) is 141 cm³/mol. The first-order chi connectivity index (χ1) is 17.3. The molecule has 2 N–H and O–H groups in total. The molecular formula is C27H30Cl2N2O5. The van der Waals surface area contributed by atoms with Gasteiger partial charge < -0.3 is 20.1 Å². The van der Waals surface area contributed by atoms with Crippen LogP contribution >= 0.6 is 23.2 Å². The van der Waals surface area contributed by atoms with Gasteiger partial charge in [-0.25, -0.2) is 4.79 Å². The third-order valence-electron chi connectivity index (χ3n) is 6.24. The maximum atomic E-state index is 13.3. The lowest BCUT2D eigenvalue weighted by Gasteiger charge is -2.27. The summed E-state index contributed by atoms with van der Waals surface area (Å²) in [5, 5.41) is 6.07. The minimum Gasteiger partial charge on any atom is -0.461 e. The minimum absolute atomic E-state index is 0.0603. The predicted octanol–water partition coefficient (Wildman–Crippen LogP) is 5.86. The van der Waals surface area contributed by atoms with Gasteiger partial charge in [-0.15, -0.1) is 0 Å². The smallest absolute Gasteiger partial charge is 0.354 e. The summed E-state index contributed by atoms with van der Waals surface area (Å²) in [7, 11) is 1.61. The number of methoxy groups -OCH3 is 1. The zero-order valence-electron chi connectivity index (χ0n) is 20.4. The zero-order valence-corrected chi connectivity index (χ0v) is 21.9. The van der Waals surface area contributed by atoms with Crippen molar-refractivity contribution in [1.82, 2.24) is 5.32 Å². The first-order valence-electron chi connectivity index (χ1n) is 11.8. The standard InChI is InChI=1S/C27H30Cl2N2O5/c1-3-36-25(33)22(31-26(34)27(15-16-35-2)13-4-5-14-27)17-18-9-11-19(12-10-18)30-24(32)23-20(28)7-6-8-21(23)29/h6-12,17H,3-5,13-16H2,1-2H3,(H,30,32)(H,31,34)/b22-17-. The number of esters is 1. The summed E-state index contributed by atoms with van der Waals surface area (Å²) in [6.07, 6.45) is 5.58. The third kappa shape index (κ3) is 6.87. The average Bonchev–Trinajstić information content (AvgIpc) is 3.34. The number of nitrogens with one attached hydrogen (secondary N) is 2. The molecule has 9 heteroatoms. The lowest BCUT2D eigenvalue weighted by molar-refractivity contribution is -0.141. The maximum absolute atomic E-state index is 13.3. The molecular weight excluding hydrogens is 503 g/mol. The fraction of sp³-hybridized carbons (Fsp3) is 0.370. The van der Waals surface area contributed by atoms with Crippen LogP contribution in [-0.4, -0.2) is 38.1 Å². The average molecular weight is 533 g/mol. The van der Waals surface area contributed by atoms with E-state index in [1.165, 1.54) is 0 Å². The van der Waals surface area contributed by atoms with Crippen LogP contribution in [0.15, 0.2) is 48.2 Å². The van der Waals surface area contributed by atoms with Gasteiger partial charge in [0.2, 0.25) is 5.91 Å². The highest BCUT2D eigenvalue weighted by atomic mass is 35.5. The molecule has 3 rings (SSSR count). The Bertz CT molecular complexity index is 1110. The second kappa shape index (κ2) is 12.9. The van der Waals surface area contributed by atoms with Gasteiger partial charge in [0.1, 0.15) is 5.70 Å². The molecule has 36 heavy (non-hydrogen) atoms. The molecule has 0 heterocycles. The van der Waals surface area contributed by atoms with Crippen molar-refractivity contribution < 1.29 is 23.9 Å². The van der Waals surface area contributed by atoms with E-state index in [1.807, 2.05) is 0 Å². The zero-order chi connectivity index (χ0) is 26.1. The lowest BCUT2D eigenvalue weighted by atomic mass is 9.82. The number of carbonyl (C=O) groups excluding carboxylic acids is 3. The van der Waals surface area contributed by atoms with E-state index in [0.717, 1.165) is 25.7 Å². The highest BCUT2D eigenvalue weighted by Crippen LogP contribution is 2.41. The molecule has 0 atom stereocenters. The Hall–Kier alpha value is -2.87. The molecule has 0 unspecified atom stereocenters. The number of hydrogen-bond acceptors (Lipinski definition) is 5. The summed E-state index contributed by atoms with van der Waals surface area (Å²) in [4.78, 5) is 38.5. The van der Waals surface area contributed by atoms with E-state index in [-0.39, 0.29) is 33.8 Å². The van der Waals surface area contributed by atoms with Gasteiger partial charge in [-0.2, -0.15) is 0 Å². The Morgan fingerprint density at radius 2 is 1.67 bits per heavy atom. The van der Waals surface area contributed by atoms with E-state index in [2.05, 4.69) is 10.6 Å². The second-order valence-electron chi connectivity index (χ2n) is 8.64. The van der Waals surface area contributed by atoms with Crippen LogP contribution in [0, 0.1) is 5.41 Å². The molecule has 2 aromatic rings. The second-order valence-corrected chi connectivity index (χ2v) is 9.45. The Morgan fingerprint density at radius 1 is 1.03 bits per heavy atom. The summed E-state index contributed by atoms with van der Waals surface area (Å²) < 4.78 is 10.4. The molecule has 0 saturated heterocycles. The molecule has 1 aliphatic rings. The van der Waals surface area contributed by atoms with Crippen LogP contribution in [0.1, 0.15) is 54.9 Å². The molecule has 0 spiro atoms. The summed E-state index contributed by atoms with van der Waals surface area (Å²) in [6.45, 7) is 2.35. The van der Waals surface area contributed by atoms with E-state index in [9.17, 15) is 14.4 Å². The van der Waals surface area contributed by atoms with Gasteiger partial charge in [-0.3, -0.25) is 9.59 Å². The third-order valence-corrected chi connectivity index (χ3v) is 6.87. The lowest BCUT2D eigenvalue weighted by Crippen LogP contribution is -2.41. The number of carbonyl (C=O) groups is 3. The first kappa shape index (κ1) is 27.7. The fourth-order valence-corrected chi connectivity index (χ4v) is 4.86. The molecule has 2 amide bonds. The van der Waals surface area contributed by atoms with Gasteiger partial charge in [0.05, 0.1) is 27.6 Å². The molecule has 1 aliphatic carbocycles. The van der Waals surface area contributed by atoms with Gasteiger partial charge in [-0.05, 0) is 62.1 Å². The van der Waals surface area contributed by atoms with Crippen molar-refractivity contribution in [2.24, 2.45) is 5.41 Å². The molecule has 1 fully saturated rings. The summed E-state index contributed by atoms with van der Waals surface area (Å²) in [5.74, 6) is -1.25. The number of amides is 2. The molecule has 0 bridgehead atoms. The van der Waals surface area contributed by atoms with Crippen molar-refractivity contribution in [3.8, 4) is 0 Å². The molecule has 0 aliphatic heterocycles. The van der Waals surface area contributed by atoms with E-state index >= 15 is 0 Å². The topological polar surface area (TPSA) is 93.7 Å². The Kier molecular flexibility index (Phi) is 9.93. The summed E-state index contributed by atoms with van der Waals surface area (Å²) >= 11 is 12.2. The molecule has 0 aromatic heterocycles. The van der Waals surface area contributed by atoms with Crippen LogP contribution in [-0.2, 0) is 19.1 Å². The minimum atomic E-state index is -0.614. The monoisotopic (exact) mass is 532 g/mol. The van der Waals surface area contributed by atoms with Gasteiger partial charge in [0.15, 0.2) is 0 Å². The Labute approximate surface area is 221 Å². The van der Waals surface area contributed by atoms with E-state index < -0.39 is 17.3 Å². The number of anilines is 1. The van der Waals surface area contributed by atoms with Gasteiger partial charge in [0.25, 0.3) is 5.91 Å². The molecule has 2 aromatic carbocycles. The van der Waals surface area contributed by atoms with Gasteiger partial charge >= 0.3 is 5.97 Å². The summed E-state index contributed by atoms with van der Waals surface area (Å²) in [5.41, 5.74) is 0.843. The number of ether oxygens (including phenoxy) is 2. The van der Waals surface area contributed by atoms with Crippen molar-refractivity contribution in [2.45, 2.75) is 39.0 Å². The van der Waals surface area contributed by atoms with Crippen molar-refractivity contribution in [3.63, 3.8) is 0 Å². The van der Waals surface area contributed by atoms with E-state index in [0.29, 0.717) is 24.3 Å². The molecule has 7 nitrogen and oxygen atoms in total. The number of benzene rings is 2. The van der Waals surface area contributed by atoms with E-state index in [1.54, 1.807) is 62.6 Å². The van der Waals surface area contributed by atoms with Crippen molar-refractivity contribution >= 4 is 52.7 Å². The van der Waals surface area contributed by atoms with Crippen LogP contribution in [0.4, 0.5) is 5.69 Å². The highest BCUT2D eigenvalue weighted by Gasteiger charge is 2.41. The van der Waals surface area contributed by atoms with Crippen LogP contribution in [0.2, 0.25) is 10.0 Å². The van der Waals surface area contributed by atoms with Gasteiger partial charge in [-0.1, -0.05) is 54.2 Å². The number of hydrogen-bond donors (Lipinski definition) is 2. The first-order valence-corrected chi connectivity index (χ1v) is 12.6. The SMILES string of the molecule is CCOC(=O)/C(=C/c1ccc(NC(=O)c2c(Cl)cccc2Cl)cc1)NC(=O)C1(CCOC)CCCC1. The fourth-order valence-electron chi connectivity index (χ4n) is 4.29. The van der Waals surface area contributed by atoms with Crippen LogP contribution in [0.25, 0.3) is 6.08 Å². The Balaban J connectivity index is 1.78. The molecule has 1 saturated carbocycles. The largest absolute Gasteiger partial charge is 0.461 e. The van der Waals surface area contributed by atoms with Crippen LogP contribution in [0.5, 0.6) is 0 Å². The van der Waals surface area contributed by atoms with Crippen molar-refractivity contribution in [3.05, 3.63) is 69.3 Å². The van der Waals surface area contributed by atoms with Gasteiger partial charge in [0, 0.05) is 19.4 Å². The Morgan fingerprint density at radius 3 is 2.25 bits per heavy atom. The maximum Gasteiger partial charge on any atom is 0.354 e. The summed E-state index contributed by atoms with van der Waals surface area (Å²) in [6, 6.07) is 11.6. The van der Waals surface area contributed by atoms with E-state index in [4.69, 9.17) is 32.7 Å². The molecule has 192 valence electrons. The van der Waals surface area contributed by atoms with Crippen molar-refractivity contribution in [2.75, 3.05) is 25.6 Å². The normalized spacial score (nSPS) is 14.8.